The summed E-state index contributed by atoms with van der Waals surface area (Å²) in [5.41, 5.74) is 0.941. The van der Waals surface area contributed by atoms with Crippen LogP contribution in [0.25, 0.3) is 0 Å². The van der Waals surface area contributed by atoms with E-state index in [4.69, 9.17) is 4.42 Å². The maximum atomic E-state index is 12.3. The molecule has 1 aromatic heterocycles. The van der Waals surface area contributed by atoms with Crippen molar-refractivity contribution in [3.8, 4) is 0 Å². The lowest BCUT2D eigenvalue weighted by atomic mass is 10.2. The zero-order chi connectivity index (χ0) is 17.5. The largest absolute Gasteiger partial charge is 0.469 e. The Balaban J connectivity index is 0.00000243. The van der Waals surface area contributed by atoms with Crippen LogP contribution in [0.5, 0.6) is 0 Å². The topological polar surface area (TPSA) is 69.9 Å². The number of aliphatic imine (C=N–C) groups is 1. The van der Waals surface area contributed by atoms with Crippen LogP contribution in [-0.4, -0.2) is 37.5 Å². The molecule has 6 nitrogen and oxygen atoms in total. The fourth-order valence-electron chi connectivity index (χ4n) is 2.91. The fourth-order valence-corrected chi connectivity index (χ4v) is 2.91. The van der Waals surface area contributed by atoms with E-state index in [1.165, 1.54) is 0 Å². The van der Waals surface area contributed by atoms with E-state index in [0.717, 1.165) is 30.4 Å². The molecule has 0 spiro atoms. The molecule has 1 aromatic carbocycles. The number of nitrogens with zero attached hydrogens (tertiary/aromatic N) is 2. The number of benzene rings is 1. The van der Waals surface area contributed by atoms with Crippen molar-refractivity contribution in [3.05, 3.63) is 54.5 Å². The molecule has 1 fully saturated rings. The van der Waals surface area contributed by atoms with Crippen LogP contribution < -0.4 is 15.5 Å². The monoisotopic (exact) mass is 468 g/mol. The van der Waals surface area contributed by atoms with Crippen molar-refractivity contribution < 1.29 is 9.21 Å². The van der Waals surface area contributed by atoms with Gasteiger partial charge in [-0.15, -0.1) is 24.0 Å². The molecular weight excluding hydrogens is 443 g/mol. The lowest BCUT2D eigenvalue weighted by molar-refractivity contribution is -0.117. The van der Waals surface area contributed by atoms with E-state index in [1.54, 1.807) is 6.26 Å². The van der Waals surface area contributed by atoms with E-state index >= 15 is 0 Å². The Hall–Kier alpha value is -2.03. The van der Waals surface area contributed by atoms with Gasteiger partial charge < -0.3 is 20.0 Å². The Morgan fingerprint density at radius 2 is 2.08 bits per heavy atom. The van der Waals surface area contributed by atoms with E-state index in [0.29, 0.717) is 19.5 Å². The number of rotatable bonds is 6. The molecule has 1 saturated heterocycles. The minimum absolute atomic E-state index is 0. The Bertz CT molecular complexity index is 704. The average Bonchev–Trinajstić information content (AvgIpc) is 3.25. The SMILES string of the molecule is CCNC(=NCCc1ccco1)NC1CC(=O)N(c2ccccc2)C1.I. The lowest BCUT2D eigenvalue weighted by Crippen LogP contribution is -2.44. The van der Waals surface area contributed by atoms with E-state index in [-0.39, 0.29) is 35.9 Å². The molecule has 1 aliphatic heterocycles. The molecule has 1 aliphatic rings. The highest BCUT2D eigenvalue weighted by molar-refractivity contribution is 14.0. The van der Waals surface area contributed by atoms with Crippen molar-refractivity contribution in [2.75, 3.05) is 24.5 Å². The van der Waals surface area contributed by atoms with Crippen molar-refractivity contribution >= 4 is 41.5 Å². The number of para-hydroxylation sites is 1. The lowest BCUT2D eigenvalue weighted by Gasteiger charge is -2.19. The summed E-state index contributed by atoms with van der Waals surface area (Å²) >= 11 is 0. The zero-order valence-electron chi connectivity index (χ0n) is 14.9. The van der Waals surface area contributed by atoms with E-state index < -0.39 is 0 Å². The number of amides is 1. The van der Waals surface area contributed by atoms with Gasteiger partial charge in [0.1, 0.15) is 5.76 Å². The number of hydrogen-bond acceptors (Lipinski definition) is 3. The van der Waals surface area contributed by atoms with Crippen LogP contribution in [0.3, 0.4) is 0 Å². The first-order valence-electron chi connectivity index (χ1n) is 8.69. The maximum absolute atomic E-state index is 12.3. The van der Waals surface area contributed by atoms with Gasteiger partial charge in [-0.2, -0.15) is 0 Å². The number of carbonyl (C=O) groups is 1. The third-order valence-electron chi connectivity index (χ3n) is 4.09. The molecule has 2 N–H and O–H groups in total. The van der Waals surface area contributed by atoms with Crippen molar-refractivity contribution in [3.63, 3.8) is 0 Å². The van der Waals surface area contributed by atoms with Crippen LogP contribution >= 0.6 is 24.0 Å². The van der Waals surface area contributed by atoms with Crippen LogP contribution in [0, 0.1) is 0 Å². The first-order valence-corrected chi connectivity index (χ1v) is 8.69. The second kappa shape index (κ2) is 10.2. The van der Waals surface area contributed by atoms with Gasteiger partial charge in [-0.3, -0.25) is 9.79 Å². The Morgan fingerprint density at radius 1 is 1.27 bits per heavy atom. The van der Waals surface area contributed by atoms with E-state index in [2.05, 4.69) is 15.6 Å². The molecule has 140 valence electrons. The summed E-state index contributed by atoms with van der Waals surface area (Å²) in [6.45, 7) is 4.08. The number of anilines is 1. The third-order valence-corrected chi connectivity index (χ3v) is 4.09. The second-order valence-corrected chi connectivity index (χ2v) is 5.98. The first kappa shape index (κ1) is 20.3. The summed E-state index contributed by atoms with van der Waals surface area (Å²) in [6.07, 6.45) is 2.89. The summed E-state index contributed by atoms with van der Waals surface area (Å²) in [7, 11) is 0. The van der Waals surface area contributed by atoms with E-state index in [9.17, 15) is 4.79 Å². The second-order valence-electron chi connectivity index (χ2n) is 5.98. The van der Waals surface area contributed by atoms with Gasteiger partial charge in [0.05, 0.1) is 12.3 Å². The van der Waals surface area contributed by atoms with Crippen LogP contribution in [0.4, 0.5) is 5.69 Å². The smallest absolute Gasteiger partial charge is 0.229 e. The Labute approximate surface area is 171 Å². The normalized spacial score (nSPS) is 17.1. The number of nitrogens with one attached hydrogen (secondary N) is 2. The van der Waals surface area contributed by atoms with Gasteiger partial charge in [-0.1, -0.05) is 18.2 Å². The van der Waals surface area contributed by atoms with Crippen molar-refractivity contribution in [2.45, 2.75) is 25.8 Å². The molecule has 0 saturated carbocycles. The fraction of sp³-hybridized carbons (Fsp3) is 0.368. The number of furan rings is 1. The average molecular weight is 468 g/mol. The molecule has 26 heavy (non-hydrogen) atoms. The maximum Gasteiger partial charge on any atom is 0.229 e. The van der Waals surface area contributed by atoms with Crippen molar-refractivity contribution in [1.29, 1.82) is 0 Å². The van der Waals surface area contributed by atoms with Crippen LogP contribution in [0.1, 0.15) is 19.1 Å². The molecule has 2 aromatic rings. The number of hydrogen-bond donors (Lipinski definition) is 2. The van der Waals surface area contributed by atoms with Crippen molar-refractivity contribution in [1.82, 2.24) is 10.6 Å². The molecular formula is C19H25IN4O2. The summed E-state index contributed by atoms with van der Waals surface area (Å²) < 4.78 is 5.32. The Morgan fingerprint density at radius 3 is 2.77 bits per heavy atom. The highest BCUT2D eigenvalue weighted by Gasteiger charge is 2.30. The van der Waals surface area contributed by atoms with Crippen molar-refractivity contribution in [2.24, 2.45) is 4.99 Å². The number of carbonyl (C=O) groups excluding carboxylic acids is 1. The van der Waals surface area contributed by atoms with E-state index in [1.807, 2.05) is 54.3 Å². The van der Waals surface area contributed by atoms with Gasteiger partial charge >= 0.3 is 0 Å². The van der Waals surface area contributed by atoms with Gasteiger partial charge in [-0.05, 0) is 31.2 Å². The van der Waals surface area contributed by atoms with Gasteiger partial charge in [0.15, 0.2) is 5.96 Å². The van der Waals surface area contributed by atoms with Gasteiger partial charge in [-0.25, -0.2) is 0 Å². The molecule has 0 bridgehead atoms. The van der Waals surface area contributed by atoms with Crippen LogP contribution in [0.15, 0.2) is 58.1 Å². The highest BCUT2D eigenvalue weighted by atomic mass is 127. The summed E-state index contributed by atoms with van der Waals surface area (Å²) in [5, 5.41) is 6.61. The summed E-state index contributed by atoms with van der Waals surface area (Å²) in [4.78, 5) is 18.7. The molecule has 1 unspecified atom stereocenters. The molecule has 0 radical (unpaired) electrons. The van der Waals surface area contributed by atoms with Gasteiger partial charge in [0.2, 0.25) is 5.91 Å². The first-order chi connectivity index (χ1) is 12.3. The molecule has 7 heteroatoms. The Kier molecular flexibility index (Phi) is 7.96. The summed E-state index contributed by atoms with van der Waals surface area (Å²) in [6, 6.07) is 13.6. The molecule has 1 atom stereocenters. The number of guanidine groups is 1. The minimum Gasteiger partial charge on any atom is -0.469 e. The van der Waals surface area contributed by atoms with Crippen LogP contribution in [0.2, 0.25) is 0 Å². The molecule has 3 rings (SSSR count). The standard InChI is InChI=1S/C19H24N4O2.HI/c1-2-20-19(21-11-10-17-9-6-12-25-17)22-15-13-18(24)23(14-15)16-7-4-3-5-8-16;/h3-9,12,15H,2,10-11,13-14H2,1H3,(H2,20,21,22);1H. The minimum atomic E-state index is 0. The predicted molar refractivity (Wildman–Crippen MR) is 114 cm³/mol. The van der Waals surface area contributed by atoms with Gasteiger partial charge in [0.25, 0.3) is 0 Å². The van der Waals surface area contributed by atoms with Gasteiger partial charge in [0, 0.05) is 38.2 Å². The third kappa shape index (κ3) is 5.48. The van der Waals surface area contributed by atoms with Crippen LogP contribution in [-0.2, 0) is 11.2 Å². The molecule has 2 heterocycles. The number of halogens is 1. The molecule has 1 amide bonds. The predicted octanol–water partition coefficient (Wildman–Crippen LogP) is 2.80. The zero-order valence-corrected chi connectivity index (χ0v) is 17.2. The molecule has 0 aliphatic carbocycles. The summed E-state index contributed by atoms with van der Waals surface area (Å²) in [5.74, 6) is 1.79. The highest BCUT2D eigenvalue weighted by Crippen LogP contribution is 2.20. The quantitative estimate of drug-likeness (QED) is 0.389.